The topological polar surface area (TPSA) is 43.1 Å². The number of hydrogen-bond donors (Lipinski definition) is 1. The summed E-state index contributed by atoms with van der Waals surface area (Å²) in [4.78, 5) is 12.9. The molecule has 2 rings (SSSR count). The Bertz CT molecular complexity index is 433. The summed E-state index contributed by atoms with van der Waals surface area (Å²) in [6, 6.07) is 7.66. The van der Waals surface area contributed by atoms with Crippen LogP contribution in [0.4, 0.5) is 0 Å². The summed E-state index contributed by atoms with van der Waals surface area (Å²) >= 11 is 0.450. The molecule has 12 heavy (non-hydrogen) atoms. The molecule has 2 nitrogen and oxygen atoms in total. The first-order valence-corrected chi connectivity index (χ1v) is 5.39. The van der Waals surface area contributed by atoms with Crippen LogP contribution < -0.4 is 5.73 Å². The summed E-state index contributed by atoms with van der Waals surface area (Å²) in [5.41, 5.74) is 5.74. The van der Waals surface area contributed by atoms with E-state index < -0.39 is 0 Å². The normalized spacial score (nSPS) is 10.3. The summed E-state index contributed by atoms with van der Waals surface area (Å²) in [6.45, 7) is 0. The van der Waals surface area contributed by atoms with E-state index in [1.807, 2.05) is 18.2 Å². The molecule has 0 fully saturated rings. The maximum atomic E-state index is 10.8. The molecular formula is C9H7NOSe. The molecule has 0 saturated heterocycles. The van der Waals surface area contributed by atoms with E-state index in [0.717, 1.165) is 5.39 Å². The Morgan fingerprint density at radius 2 is 2.17 bits per heavy atom. The number of amides is 1. The Morgan fingerprint density at radius 1 is 1.33 bits per heavy atom. The van der Waals surface area contributed by atoms with Crippen molar-refractivity contribution < 1.29 is 4.79 Å². The molecule has 0 aliphatic rings. The van der Waals surface area contributed by atoms with Gasteiger partial charge in [-0.3, -0.25) is 0 Å². The van der Waals surface area contributed by atoms with Crippen LogP contribution in [0, 0.1) is 0 Å². The fourth-order valence-electron chi connectivity index (χ4n) is 1.12. The molecule has 1 heterocycles. The summed E-state index contributed by atoms with van der Waals surface area (Å²) in [5, 5.41) is 1.14. The van der Waals surface area contributed by atoms with E-state index in [-0.39, 0.29) is 5.91 Å². The van der Waals surface area contributed by atoms with E-state index in [1.54, 1.807) is 6.07 Å². The molecule has 1 aromatic carbocycles. The Morgan fingerprint density at radius 3 is 2.92 bits per heavy atom. The van der Waals surface area contributed by atoms with Gasteiger partial charge in [-0.1, -0.05) is 0 Å². The number of carbonyl (C=O) groups excluding carboxylic acids is 1. The van der Waals surface area contributed by atoms with Gasteiger partial charge in [0.1, 0.15) is 0 Å². The Balaban J connectivity index is 2.68. The summed E-state index contributed by atoms with van der Waals surface area (Å²) in [7, 11) is 0. The average molecular weight is 224 g/mol. The predicted molar refractivity (Wildman–Crippen MR) is 49.4 cm³/mol. The van der Waals surface area contributed by atoms with E-state index in [0.29, 0.717) is 20.1 Å². The van der Waals surface area contributed by atoms with E-state index in [2.05, 4.69) is 4.94 Å². The zero-order valence-corrected chi connectivity index (χ0v) is 7.99. The minimum absolute atomic E-state index is 0.356. The molecule has 0 spiro atoms. The summed E-state index contributed by atoms with van der Waals surface area (Å²) in [6.07, 6.45) is 0. The van der Waals surface area contributed by atoms with Gasteiger partial charge in [-0.05, 0) is 0 Å². The number of fused-ring (bicyclic) bond motifs is 1. The van der Waals surface area contributed by atoms with Crippen molar-refractivity contribution in [1.82, 2.24) is 0 Å². The molecule has 2 aromatic rings. The standard InChI is InChI=1S/C9H7NOSe/c10-9(11)7-1-2-8-6(5-7)3-4-12-8/h1-5H,(H2,10,11). The Hall–Kier alpha value is -1.05. The van der Waals surface area contributed by atoms with Gasteiger partial charge in [0, 0.05) is 0 Å². The average Bonchev–Trinajstić information content (AvgIpc) is 2.49. The predicted octanol–water partition coefficient (Wildman–Crippen LogP) is 0.996. The van der Waals surface area contributed by atoms with E-state index in [1.165, 1.54) is 4.26 Å². The molecule has 3 heteroatoms. The van der Waals surface area contributed by atoms with Crippen LogP contribution in [0.25, 0.3) is 9.65 Å². The van der Waals surface area contributed by atoms with Crippen molar-refractivity contribution in [3.8, 4) is 0 Å². The molecule has 1 aromatic heterocycles. The first-order valence-electron chi connectivity index (χ1n) is 3.54. The van der Waals surface area contributed by atoms with Gasteiger partial charge in [0.15, 0.2) is 0 Å². The minimum atomic E-state index is -0.356. The van der Waals surface area contributed by atoms with Crippen LogP contribution in [0.1, 0.15) is 10.4 Å². The van der Waals surface area contributed by atoms with E-state index >= 15 is 0 Å². The van der Waals surface area contributed by atoms with E-state index in [4.69, 9.17) is 5.73 Å². The third kappa shape index (κ3) is 1.17. The van der Waals surface area contributed by atoms with Gasteiger partial charge in [0.05, 0.1) is 0 Å². The van der Waals surface area contributed by atoms with Crippen LogP contribution in [-0.2, 0) is 0 Å². The third-order valence-corrected chi connectivity index (χ3v) is 3.62. The van der Waals surface area contributed by atoms with Crippen molar-refractivity contribution in [2.75, 3.05) is 0 Å². The van der Waals surface area contributed by atoms with Crippen molar-refractivity contribution >= 4 is 30.1 Å². The van der Waals surface area contributed by atoms with Gasteiger partial charge in [-0.2, -0.15) is 0 Å². The number of primary amides is 1. The SMILES string of the molecule is NC(=O)c1ccc2[se]ccc2c1. The second kappa shape index (κ2) is 2.77. The molecular weight excluding hydrogens is 217 g/mol. The Kier molecular flexibility index (Phi) is 1.75. The third-order valence-electron chi connectivity index (χ3n) is 1.74. The second-order valence-electron chi connectivity index (χ2n) is 2.54. The van der Waals surface area contributed by atoms with Crippen molar-refractivity contribution in [3.63, 3.8) is 0 Å². The van der Waals surface area contributed by atoms with Gasteiger partial charge in [0.2, 0.25) is 0 Å². The molecule has 0 radical (unpaired) electrons. The molecule has 0 aliphatic heterocycles. The molecule has 2 N–H and O–H groups in total. The maximum absolute atomic E-state index is 10.8. The first kappa shape index (κ1) is 7.59. The number of rotatable bonds is 1. The van der Waals surface area contributed by atoms with Crippen molar-refractivity contribution in [1.29, 1.82) is 0 Å². The van der Waals surface area contributed by atoms with Crippen LogP contribution in [0.5, 0.6) is 0 Å². The fraction of sp³-hybridized carbons (Fsp3) is 0. The van der Waals surface area contributed by atoms with Crippen molar-refractivity contribution in [2.45, 2.75) is 0 Å². The van der Waals surface area contributed by atoms with E-state index in [9.17, 15) is 4.79 Å². The zero-order valence-electron chi connectivity index (χ0n) is 6.28. The molecule has 0 unspecified atom stereocenters. The monoisotopic (exact) mass is 225 g/mol. The first-order chi connectivity index (χ1) is 5.77. The Labute approximate surface area is 75.7 Å². The summed E-state index contributed by atoms with van der Waals surface area (Å²) in [5.74, 6) is -0.356. The van der Waals surface area contributed by atoms with Gasteiger partial charge in [0.25, 0.3) is 0 Å². The molecule has 0 saturated carbocycles. The van der Waals surface area contributed by atoms with Crippen molar-refractivity contribution in [3.05, 3.63) is 34.8 Å². The van der Waals surface area contributed by atoms with Gasteiger partial charge in [-0.15, -0.1) is 0 Å². The van der Waals surface area contributed by atoms with Crippen LogP contribution in [0.2, 0.25) is 0 Å². The molecule has 1 amide bonds. The molecule has 60 valence electrons. The number of carbonyl (C=O) groups is 1. The van der Waals surface area contributed by atoms with Crippen LogP contribution in [-0.4, -0.2) is 20.4 Å². The number of hydrogen-bond acceptors (Lipinski definition) is 1. The zero-order chi connectivity index (χ0) is 8.55. The fourth-order valence-corrected chi connectivity index (χ4v) is 2.74. The van der Waals surface area contributed by atoms with Crippen LogP contribution >= 0.6 is 0 Å². The van der Waals surface area contributed by atoms with Crippen LogP contribution in [0.15, 0.2) is 29.2 Å². The quantitative estimate of drug-likeness (QED) is 0.721. The summed E-state index contributed by atoms with van der Waals surface area (Å²) < 4.78 is 1.33. The number of nitrogens with two attached hydrogens (primary N) is 1. The van der Waals surface area contributed by atoms with Gasteiger partial charge < -0.3 is 0 Å². The van der Waals surface area contributed by atoms with Gasteiger partial charge in [-0.25, -0.2) is 0 Å². The second-order valence-corrected chi connectivity index (χ2v) is 4.53. The molecule has 0 aliphatic carbocycles. The number of benzene rings is 1. The van der Waals surface area contributed by atoms with Crippen LogP contribution in [0.3, 0.4) is 0 Å². The molecule has 0 atom stereocenters. The van der Waals surface area contributed by atoms with Crippen molar-refractivity contribution in [2.24, 2.45) is 5.73 Å². The van der Waals surface area contributed by atoms with Gasteiger partial charge >= 0.3 is 75.4 Å². The molecule has 0 bridgehead atoms.